The molecule has 2 amide bonds. The first-order chi connectivity index (χ1) is 8.06. The zero-order valence-corrected chi connectivity index (χ0v) is 10.2. The minimum Gasteiger partial charge on any atom is -0.392 e. The molecule has 96 valence electrons. The molecule has 2 fully saturated rings. The molecule has 5 nitrogen and oxygen atoms in total. The number of aliphatic hydroxyl groups is 1. The molecule has 0 bridgehead atoms. The highest BCUT2D eigenvalue weighted by Gasteiger charge is 2.36. The van der Waals surface area contributed by atoms with Crippen LogP contribution >= 0.6 is 0 Å². The Morgan fingerprint density at radius 3 is 2.88 bits per heavy atom. The topological polar surface area (TPSA) is 69.6 Å². The summed E-state index contributed by atoms with van der Waals surface area (Å²) in [4.78, 5) is 25.2. The average molecular weight is 240 g/mol. The van der Waals surface area contributed by atoms with Crippen molar-refractivity contribution in [3.05, 3.63) is 0 Å². The van der Waals surface area contributed by atoms with Gasteiger partial charge in [0.2, 0.25) is 11.8 Å². The van der Waals surface area contributed by atoms with E-state index in [0.717, 1.165) is 6.54 Å². The molecule has 0 aromatic heterocycles. The lowest BCUT2D eigenvalue weighted by atomic mass is 10.1. The number of hydrogen-bond acceptors (Lipinski definition) is 3. The van der Waals surface area contributed by atoms with Crippen LogP contribution in [-0.4, -0.2) is 47.6 Å². The van der Waals surface area contributed by atoms with E-state index in [2.05, 4.69) is 5.32 Å². The third-order valence-electron chi connectivity index (χ3n) is 3.33. The molecule has 17 heavy (non-hydrogen) atoms. The third kappa shape index (κ3) is 3.43. The summed E-state index contributed by atoms with van der Waals surface area (Å²) in [7, 11) is 0. The van der Waals surface area contributed by atoms with Gasteiger partial charge in [-0.05, 0) is 25.7 Å². The van der Waals surface area contributed by atoms with E-state index in [1.807, 2.05) is 4.90 Å². The quantitative estimate of drug-likeness (QED) is 0.695. The second-order valence-corrected chi connectivity index (χ2v) is 5.24. The number of likely N-dealkylation sites (tertiary alicyclic amines) is 1. The summed E-state index contributed by atoms with van der Waals surface area (Å²) in [5.41, 5.74) is 0. The highest BCUT2D eigenvalue weighted by atomic mass is 16.3. The van der Waals surface area contributed by atoms with Gasteiger partial charge in [0.1, 0.15) is 0 Å². The molecule has 0 aromatic rings. The van der Waals surface area contributed by atoms with Gasteiger partial charge < -0.3 is 15.3 Å². The summed E-state index contributed by atoms with van der Waals surface area (Å²) < 4.78 is 0. The number of hydrogen-bond donors (Lipinski definition) is 2. The molecule has 2 aliphatic rings. The normalized spacial score (nSPS) is 26.1. The molecule has 2 rings (SSSR count). The Kier molecular flexibility index (Phi) is 3.66. The van der Waals surface area contributed by atoms with Crippen LogP contribution in [0.2, 0.25) is 0 Å². The zero-order chi connectivity index (χ0) is 12.4. The highest BCUT2D eigenvalue weighted by Crippen LogP contribution is 2.31. The largest absolute Gasteiger partial charge is 0.392 e. The molecule has 1 saturated heterocycles. The number of nitrogens with zero attached hydrogens (tertiary/aromatic N) is 1. The third-order valence-corrected chi connectivity index (χ3v) is 3.33. The molecule has 1 unspecified atom stereocenters. The monoisotopic (exact) mass is 240 g/mol. The Labute approximate surface area is 101 Å². The predicted molar refractivity (Wildman–Crippen MR) is 62.1 cm³/mol. The van der Waals surface area contributed by atoms with Gasteiger partial charge in [-0.1, -0.05) is 0 Å². The number of carbonyl (C=O) groups is 2. The minimum atomic E-state index is -0.543. The van der Waals surface area contributed by atoms with Crippen molar-refractivity contribution in [1.29, 1.82) is 0 Å². The molecular formula is C12H20N2O3. The van der Waals surface area contributed by atoms with Gasteiger partial charge in [0.05, 0.1) is 12.0 Å². The number of rotatable bonds is 5. The maximum absolute atomic E-state index is 11.7. The van der Waals surface area contributed by atoms with E-state index < -0.39 is 6.10 Å². The van der Waals surface area contributed by atoms with Gasteiger partial charge in [0.25, 0.3) is 0 Å². The Morgan fingerprint density at radius 1 is 1.59 bits per heavy atom. The molecule has 5 heteroatoms. The highest BCUT2D eigenvalue weighted by molar-refractivity contribution is 5.89. The van der Waals surface area contributed by atoms with Crippen LogP contribution < -0.4 is 5.32 Å². The first kappa shape index (κ1) is 12.4. The van der Waals surface area contributed by atoms with Crippen LogP contribution in [-0.2, 0) is 9.59 Å². The second kappa shape index (κ2) is 5.04. The van der Waals surface area contributed by atoms with Crippen molar-refractivity contribution in [2.24, 2.45) is 11.8 Å². The van der Waals surface area contributed by atoms with Crippen LogP contribution in [0.3, 0.4) is 0 Å². The average Bonchev–Trinajstić information content (AvgIpc) is 3.00. The minimum absolute atomic E-state index is 0.0918. The summed E-state index contributed by atoms with van der Waals surface area (Å²) in [5.74, 6) is 0.407. The van der Waals surface area contributed by atoms with E-state index in [0.29, 0.717) is 18.9 Å². The molecule has 2 atom stereocenters. The zero-order valence-electron chi connectivity index (χ0n) is 10.2. The maximum atomic E-state index is 11.7. The molecule has 2 N–H and O–H groups in total. The van der Waals surface area contributed by atoms with Gasteiger partial charge in [0.15, 0.2) is 0 Å². The Hall–Kier alpha value is -1.10. The van der Waals surface area contributed by atoms with Crippen molar-refractivity contribution in [2.45, 2.75) is 32.3 Å². The van der Waals surface area contributed by atoms with Crippen LogP contribution in [0, 0.1) is 11.8 Å². The summed E-state index contributed by atoms with van der Waals surface area (Å²) in [6.45, 7) is 3.24. The van der Waals surface area contributed by atoms with Gasteiger partial charge in [0, 0.05) is 26.1 Å². The van der Waals surface area contributed by atoms with Crippen molar-refractivity contribution in [3.63, 3.8) is 0 Å². The Morgan fingerprint density at radius 2 is 2.29 bits per heavy atom. The van der Waals surface area contributed by atoms with Crippen molar-refractivity contribution in [2.75, 3.05) is 19.6 Å². The standard InChI is InChI=1S/C12H20N2O3/c1-8(15)5-13-12(17)10-4-11(16)14(7-10)6-9-2-3-9/h8-10,15H,2-7H2,1H3,(H,13,17)/t8-,10?/m1/s1. The summed E-state index contributed by atoms with van der Waals surface area (Å²) in [6.07, 6.45) is 2.20. The first-order valence-electron chi connectivity index (χ1n) is 6.30. The van der Waals surface area contributed by atoms with Crippen LogP contribution in [0.1, 0.15) is 26.2 Å². The van der Waals surface area contributed by atoms with Gasteiger partial charge in [-0.25, -0.2) is 0 Å². The van der Waals surface area contributed by atoms with Crippen LogP contribution in [0.15, 0.2) is 0 Å². The van der Waals surface area contributed by atoms with Crippen molar-refractivity contribution < 1.29 is 14.7 Å². The van der Waals surface area contributed by atoms with E-state index in [9.17, 15) is 9.59 Å². The van der Waals surface area contributed by atoms with Crippen LogP contribution in [0.4, 0.5) is 0 Å². The molecule has 0 spiro atoms. The molecule has 1 saturated carbocycles. The fourth-order valence-electron chi connectivity index (χ4n) is 2.13. The Bertz CT molecular complexity index is 313. The second-order valence-electron chi connectivity index (χ2n) is 5.24. The van der Waals surface area contributed by atoms with Crippen molar-refractivity contribution in [1.82, 2.24) is 10.2 Å². The fourth-order valence-corrected chi connectivity index (χ4v) is 2.13. The van der Waals surface area contributed by atoms with Gasteiger partial charge in [-0.2, -0.15) is 0 Å². The molecule has 1 aliphatic carbocycles. The van der Waals surface area contributed by atoms with Gasteiger partial charge in [-0.3, -0.25) is 9.59 Å². The Balaban J connectivity index is 1.78. The lowest BCUT2D eigenvalue weighted by Crippen LogP contribution is -2.36. The summed E-state index contributed by atoms with van der Waals surface area (Å²) in [5, 5.41) is 11.7. The fraction of sp³-hybridized carbons (Fsp3) is 0.833. The van der Waals surface area contributed by atoms with Gasteiger partial charge in [-0.15, -0.1) is 0 Å². The lowest BCUT2D eigenvalue weighted by molar-refractivity contribution is -0.129. The van der Waals surface area contributed by atoms with E-state index >= 15 is 0 Å². The molecule has 0 radical (unpaired) electrons. The summed E-state index contributed by atoms with van der Waals surface area (Å²) >= 11 is 0. The van der Waals surface area contributed by atoms with Crippen LogP contribution in [0.5, 0.6) is 0 Å². The van der Waals surface area contributed by atoms with E-state index in [1.165, 1.54) is 12.8 Å². The summed E-state index contributed by atoms with van der Waals surface area (Å²) in [6, 6.07) is 0. The van der Waals surface area contributed by atoms with E-state index in [-0.39, 0.29) is 24.3 Å². The van der Waals surface area contributed by atoms with Crippen molar-refractivity contribution in [3.8, 4) is 0 Å². The first-order valence-corrected chi connectivity index (χ1v) is 6.30. The van der Waals surface area contributed by atoms with Gasteiger partial charge >= 0.3 is 0 Å². The van der Waals surface area contributed by atoms with E-state index in [4.69, 9.17) is 5.11 Å². The molecule has 1 aliphatic heterocycles. The SMILES string of the molecule is C[C@@H](O)CNC(=O)C1CC(=O)N(CC2CC2)C1. The molecular weight excluding hydrogens is 220 g/mol. The smallest absolute Gasteiger partial charge is 0.225 e. The number of aliphatic hydroxyl groups excluding tert-OH is 1. The van der Waals surface area contributed by atoms with E-state index in [1.54, 1.807) is 6.92 Å². The molecule has 0 aromatic carbocycles. The number of carbonyl (C=O) groups excluding carboxylic acids is 2. The lowest BCUT2D eigenvalue weighted by Gasteiger charge is -2.16. The maximum Gasteiger partial charge on any atom is 0.225 e. The predicted octanol–water partition coefficient (Wildman–Crippen LogP) is -0.258. The van der Waals surface area contributed by atoms with Crippen molar-refractivity contribution >= 4 is 11.8 Å². The number of amides is 2. The van der Waals surface area contributed by atoms with Crippen LogP contribution in [0.25, 0.3) is 0 Å². The molecule has 1 heterocycles. The number of nitrogens with one attached hydrogen (secondary N) is 1.